The minimum Gasteiger partial charge on any atom is -0.456 e. The van der Waals surface area contributed by atoms with Gasteiger partial charge in [0.25, 0.3) is 0 Å². The maximum absolute atomic E-state index is 6.23. The molecule has 10 aromatic rings. The Morgan fingerprint density at radius 1 is 0.255 bits per heavy atom. The number of hydrogen-bond acceptors (Lipinski definition) is 6. The molecule has 0 N–H and O–H groups in total. The van der Waals surface area contributed by atoms with Gasteiger partial charge in [-0.15, -0.1) is 0 Å². The average molecular weight is 706 g/mol. The first-order chi connectivity index (χ1) is 27.2. The summed E-state index contributed by atoms with van der Waals surface area (Å²) in [5.74, 6) is 2.36. The number of rotatable bonds is 7. The highest BCUT2D eigenvalue weighted by molar-refractivity contribution is 6.05. The van der Waals surface area contributed by atoms with Gasteiger partial charge in [-0.3, -0.25) is 0 Å². The fourth-order valence-corrected chi connectivity index (χ4v) is 6.96. The van der Waals surface area contributed by atoms with Crippen molar-refractivity contribution in [1.82, 2.24) is 24.9 Å². The van der Waals surface area contributed by atoms with E-state index in [-0.39, 0.29) is 0 Å². The molecular weight excluding hydrogens is 675 g/mol. The van der Waals surface area contributed by atoms with Crippen molar-refractivity contribution in [3.8, 4) is 79.2 Å². The van der Waals surface area contributed by atoms with Gasteiger partial charge >= 0.3 is 0 Å². The molecule has 6 nitrogen and oxygen atoms in total. The van der Waals surface area contributed by atoms with E-state index in [1.807, 2.05) is 103 Å². The molecule has 0 saturated carbocycles. The molecule has 0 spiro atoms. The maximum Gasteiger partial charge on any atom is 0.164 e. The van der Waals surface area contributed by atoms with Crippen molar-refractivity contribution in [2.75, 3.05) is 0 Å². The number of furan rings is 1. The number of hydrogen-bond donors (Lipinski definition) is 0. The Balaban J connectivity index is 1.08. The summed E-state index contributed by atoms with van der Waals surface area (Å²) in [6.45, 7) is 0. The van der Waals surface area contributed by atoms with Crippen molar-refractivity contribution in [2.24, 2.45) is 0 Å². The number of aromatic nitrogens is 5. The van der Waals surface area contributed by atoms with E-state index in [0.717, 1.165) is 72.3 Å². The van der Waals surface area contributed by atoms with Crippen molar-refractivity contribution in [1.29, 1.82) is 0 Å². The van der Waals surface area contributed by atoms with Crippen LogP contribution in [0.2, 0.25) is 0 Å². The van der Waals surface area contributed by atoms with E-state index < -0.39 is 0 Å². The van der Waals surface area contributed by atoms with Gasteiger partial charge in [-0.2, -0.15) is 0 Å². The van der Waals surface area contributed by atoms with Gasteiger partial charge in [-0.25, -0.2) is 24.9 Å². The lowest BCUT2D eigenvalue weighted by Gasteiger charge is -2.12. The van der Waals surface area contributed by atoms with Crippen molar-refractivity contribution in [3.05, 3.63) is 188 Å². The molecule has 0 saturated heterocycles. The van der Waals surface area contributed by atoms with Gasteiger partial charge < -0.3 is 4.42 Å². The van der Waals surface area contributed by atoms with Crippen LogP contribution in [-0.4, -0.2) is 24.9 Å². The normalized spacial score (nSPS) is 11.3. The molecule has 0 aliphatic rings. The van der Waals surface area contributed by atoms with Gasteiger partial charge in [0.15, 0.2) is 23.3 Å². The zero-order valence-electron chi connectivity index (χ0n) is 29.5. The largest absolute Gasteiger partial charge is 0.456 e. The average Bonchev–Trinajstić information content (AvgIpc) is 3.65. The summed E-state index contributed by atoms with van der Waals surface area (Å²) in [4.78, 5) is 25.2. The van der Waals surface area contributed by atoms with Crippen LogP contribution in [0.15, 0.2) is 192 Å². The van der Waals surface area contributed by atoms with Crippen LogP contribution in [0.5, 0.6) is 0 Å². The van der Waals surface area contributed by atoms with E-state index in [1.165, 1.54) is 5.56 Å². The first-order valence-electron chi connectivity index (χ1n) is 18.2. The predicted molar refractivity (Wildman–Crippen MR) is 221 cm³/mol. The molecule has 0 unspecified atom stereocenters. The molecule has 3 heterocycles. The van der Waals surface area contributed by atoms with Gasteiger partial charge in [-0.05, 0) is 41.5 Å². The van der Waals surface area contributed by atoms with Crippen LogP contribution in [0, 0.1) is 0 Å². The van der Waals surface area contributed by atoms with Gasteiger partial charge in [0, 0.05) is 44.2 Å². The molecule has 258 valence electrons. The summed E-state index contributed by atoms with van der Waals surface area (Å²) < 4.78 is 6.23. The Morgan fingerprint density at radius 2 is 0.691 bits per heavy atom. The van der Waals surface area contributed by atoms with Crippen molar-refractivity contribution in [2.45, 2.75) is 0 Å². The second kappa shape index (κ2) is 13.8. The SMILES string of the molecule is c1ccc(-c2ccc(-c3cc(-c4cccc(-c5nc(-c6ccccc6)nc(-c6ccc7c(c6)oc6ccccc67)n5)c4)nc(-c4ccccc4)n3)cc2)cc1. The van der Waals surface area contributed by atoms with Crippen LogP contribution in [0.25, 0.3) is 101 Å². The fourth-order valence-electron chi connectivity index (χ4n) is 6.96. The molecule has 0 aliphatic carbocycles. The summed E-state index contributed by atoms with van der Waals surface area (Å²) in [5.41, 5.74) is 11.1. The molecule has 55 heavy (non-hydrogen) atoms. The van der Waals surface area contributed by atoms with Gasteiger partial charge in [0.05, 0.1) is 11.4 Å². The highest BCUT2D eigenvalue weighted by Gasteiger charge is 2.16. The topological polar surface area (TPSA) is 77.6 Å². The van der Waals surface area contributed by atoms with E-state index in [2.05, 4.69) is 84.9 Å². The van der Waals surface area contributed by atoms with Crippen LogP contribution in [-0.2, 0) is 0 Å². The maximum atomic E-state index is 6.23. The Hall–Kier alpha value is -7.57. The summed E-state index contributed by atoms with van der Waals surface area (Å²) >= 11 is 0. The molecule has 0 bridgehead atoms. The molecule has 7 aromatic carbocycles. The van der Waals surface area contributed by atoms with E-state index in [4.69, 9.17) is 29.3 Å². The van der Waals surface area contributed by atoms with Crippen LogP contribution in [0.3, 0.4) is 0 Å². The Kier molecular flexibility index (Phi) is 8.04. The van der Waals surface area contributed by atoms with E-state index >= 15 is 0 Å². The lowest BCUT2D eigenvalue weighted by Crippen LogP contribution is -2.00. The summed E-state index contributed by atoms with van der Waals surface area (Å²) in [5, 5.41) is 2.13. The molecule has 6 heteroatoms. The molecule has 0 radical (unpaired) electrons. The summed E-state index contributed by atoms with van der Waals surface area (Å²) in [7, 11) is 0. The Morgan fingerprint density at radius 3 is 1.36 bits per heavy atom. The number of para-hydroxylation sites is 1. The predicted octanol–water partition coefficient (Wildman–Crippen LogP) is 12.2. The lowest BCUT2D eigenvalue weighted by atomic mass is 10.0. The molecular formula is C49H31N5O. The third-order valence-corrected chi connectivity index (χ3v) is 9.77. The molecule has 0 atom stereocenters. The minimum absolute atomic E-state index is 0.560. The third-order valence-electron chi connectivity index (χ3n) is 9.77. The van der Waals surface area contributed by atoms with Crippen molar-refractivity contribution in [3.63, 3.8) is 0 Å². The van der Waals surface area contributed by atoms with E-state index in [0.29, 0.717) is 23.3 Å². The number of nitrogens with zero attached hydrogens (tertiary/aromatic N) is 5. The standard InChI is InChI=1S/C49H31N5O/c1-4-13-32(14-5-1)33-23-25-34(26-24-33)42-31-43(51-46(50-42)35-15-6-2-7-16-35)37-19-12-20-38(29-37)48-52-47(36-17-8-3-9-18-36)53-49(54-48)39-27-28-41-40-21-10-11-22-44(40)55-45(41)30-39/h1-31H. The van der Waals surface area contributed by atoms with Gasteiger partial charge in [-0.1, -0.05) is 158 Å². The van der Waals surface area contributed by atoms with Crippen LogP contribution in [0.4, 0.5) is 0 Å². The first kappa shape index (κ1) is 32.1. The molecule has 0 fully saturated rings. The Bertz CT molecular complexity index is 2960. The first-order valence-corrected chi connectivity index (χ1v) is 18.2. The summed E-state index contributed by atoms with van der Waals surface area (Å²) in [6.07, 6.45) is 0. The second-order valence-electron chi connectivity index (χ2n) is 13.3. The molecule has 0 amide bonds. The minimum atomic E-state index is 0.560. The summed E-state index contributed by atoms with van der Waals surface area (Å²) in [6, 6.07) is 63.5. The zero-order valence-corrected chi connectivity index (χ0v) is 29.5. The van der Waals surface area contributed by atoms with Gasteiger partial charge in [0.2, 0.25) is 0 Å². The lowest BCUT2D eigenvalue weighted by molar-refractivity contribution is 0.669. The highest BCUT2D eigenvalue weighted by Crippen LogP contribution is 2.34. The van der Waals surface area contributed by atoms with Gasteiger partial charge in [0.1, 0.15) is 11.2 Å². The van der Waals surface area contributed by atoms with Crippen LogP contribution in [0.1, 0.15) is 0 Å². The van der Waals surface area contributed by atoms with E-state index in [9.17, 15) is 0 Å². The third kappa shape index (κ3) is 6.32. The Labute approximate surface area is 317 Å². The number of benzene rings is 7. The smallest absolute Gasteiger partial charge is 0.164 e. The zero-order chi connectivity index (χ0) is 36.6. The molecule has 3 aromatic heterocycles. The van der Waals surface area contributed by atoms with Crippen LogP contribution >= 0.6 is 0 Å². The second-order valence-corrected chi connectivity index (χ2v) is 13.3. The molecule has 10 rings (SSSR count). The fraction of sp³-hybridized carbons (Fsp3) is 0. The van der Waals surface area contributed by atoms with Crippen molar-refractivity contribution >= 4 is 21.9 Å². The number of fused-ring (bicyclic) bond motifs is 3. The van der Waals surface area contributed by atoms with Crippen molar-refractivity contribution < 1.29 is 4.42 Å². The van der Waals surface area contributed by atoms with E-state index in [1.54, 1.807) is 0 Å². The molecule has 0 aliphatic heterocycles. The quantitative estimate of drug-likeness (QED) is 0.164. The monoisotopic (exact) mass is 705 g/mol. The van der Waals surface area contributed by atoms with Crippen LogP contribution < -0.4 is 0 Å². The highest BCUT2D eigenvalue weighted by atomic mass is 16.3.